The van der Waals surface area contributed by atoms with E-state index in [4.69, 9.17) is 0 Å². The number of hydrogen-bond acceptors (Lipinski definition) is 1. The van der Waals surface area contributed by atoms with E-state index >= 15 is 0 Å². The molecule has 12 rings (SSSR count). The Kier molecular flexibility index (Phi) is 7.13. The lowest BCUT2D eigenvalue weighted by Gasteiger charge is -2.23. The van der Waals surface area contributed by atoms with Gasteiger partial charge in [-0.1, -0.05) is 152 Å². The molecule has 0 atom stereocenters. The number of aromatic nitrogens is 2. The third-order valence-corrected chi connectivity index (χ3v) is 13.0. The zero-order valence-corrected chi connectivity index (χ0v) is 31.7. The SMILES string of the molecule is c1ccc(-n2c3ccccc3n(-c3ccccc3)c3cc4c(cc32)c2ccccc2c2ccccc2c2c(-c3cccc5c3sc3ccccc35)cccc42)cc1. The molecule has 0 bridgehead atoms. The fraction of sp³-hybridized carbons (Fsp3) is 0. The van der Waals surface area contributed by atoms with Crippen LogP contribution >= 0.6 is 11.3 Å². The van der Waals surface area contributed by atoms with Crippen LogP contribution < -0.4 is 0 Å². The average Bonchev–Trinajstić information content (AvgIpc) is 3.67. The molecule has 0 N–H and O–H groups in total. The number of nitrogens with zero attached hydrogens (tertiary/aromatic N) is 2. The van der Waals surface area contributed by atoms with Crippen molar-refractivity contribution in [2.75, 3.05) is 0 Å². The van der Waals surface area contributed by atoms with Crippen molar-refractivity contribution in [1.29, 1.82) is 0 Å². The van der Waals surface area contributed by atoms with Crippen molar-refractivity contribution >= 4 is 96.7 Å². The van der Waals surface area contributed by atoms with E-state index in [0.29, 0.717) is 0 Å². The summed E-state index contributed by atoms with van der Waals surface area (Å²) in [4.78, 5) is 0. The molecule has 0 fully saturated rings. The summed E-state index contributed by atoms with van der Waals surface area (Å²) in [5.74, 6) is 0. The third kappa shape index (κ3) is 4.83. The van der Waals surface area contributed by atoms with Gasteiger partial charge in [-0.2, -0.15) is 0 Å². The molecular formula is C54H34N2S. The van der Waals surface area contributed by atoms with Crippen LogP contribution in [0, 0.1) is 0 Å². The van der Waals surface area contributed by atoms with E-state index in [1.54, 1.807) is 0 Å². The Morgan fingerprint density at radius 1 is 0.281 bits per heavy atom. The van der Waals surface area contributed by atoms with Gasteiger partial charge in [0, 0.05) is 37.1 Å². The number of hydrogen-bond donors (Lipinski definition) is 0. The van der Waals surface area contributed by atoms with Crippen molar-refractivity contribution in [3.8, 4) is 22.5 Å². The van der Waals surface area contributed by atoms with Gasteiger partial charge in [0.15, 0.2) is 0 Å². The van der Waals surface area contributed by atoms with E-state index in [1.165, 1.54) is 74.4 Å². The van der Waals surface area contributed by atoms with Gasteiger partial charge in [0.05, 0.1) is 22.1 Å². The summed E-state index contributed by atoms with van der Waals surface area (Å²) in [5.41, 5.74) is 9.32. The molecule has 0 unspecified atom stereocenters. The van der Waals surface area contributed by atoms with E-state index in [-0.39, 0.29) is 0 Å². The van der Waals surface area contributed by atoms with E-state index in [1.807, 2.05) is 11.3 Å². The Labute approximate surface area is 333 Å². The van der Waals surface area contributed by atoms with Crippen LogP contribution in [0.3, 0.4) is 0 Å². The van der Waals surface area contributed by atoms with Crippen molar-refractivity contribution in [3.63, 3.8) is 0 Å². The van der Waals surface area contributed by atoms with Crippen LogP contribution in [0.2, 0.25) is 0 Å². The average molecular weight is 743 g/mol. The van der Waals surface area contributed by atoms with Crippen molar-refractivity contribution in [2.45, 2.75) is 0 Å². The lowest BCUT2D eigenvalue weighted by Crippen LogP contribution is -2.08. The molecule has 10 aromatic carbocycles. The molecule has 0 saturated carbocycles. The maximum absolute atomic E-state index is 2.47. The monoisotopic (exact) mass is 742 g/mol. The Bertz CT molecular complexity index is 3630. The highest BCUT2D eigenvalue weighted by atomic mass is 32.1. The van der Waals surface area contributed by atoms with Crippen LogP contribution in [-0.2, 0) is 0 Å². The van der Waals surface area contributed by atoms with Crippen LogP contribution in [-0.4, -0.2) is 9.13 Å². The first-order valence-electron chi connectivity index (χ1n) is 19.5. The van der Waals surface area contributed by atoms with Gasteiger partial charge in [-0.15, -0.1) is 11.3 Å². The largest absolute Gasteiger partial charge is 0.306 e. The van der Waals surface area contributed by atoms with Crippen molar-refractivity contribution in [2.24, 2.45) is 0 Å². The molecule has 0 spiro atoms. The number of benzene rings is 9. The fourth-order valence-electron chi connectivity index (χ4n) is 9.33. The van der Waals surface area contributed by atoms with E-state index < -0.39 is 0 Å². The summed E-state index contributed by atoms with van der Waals surface area (Å²) in [6, 6.07) is 75.9. The smallest absolute Gasteiger partial charge is 0.0709 e. The molecule has 57 heavy (non-hydrogen) atoms. The molecule has 2 nitrogen and oxygen atoms in total. The summed E-state index contributed by atoms with van der Waals surface area (Å²) in [6.45, 7) is 0. The van der Waals surface area contributed by atoms with Gasteiger partial charge in [-0.3, -0.25) is 0 Å². The minimum Gasteiger partial charge on any atom is -0.306 e. The Morgan fingerprint density at radius 2 is 0.702 bits per heavy atom. The highest BCUT2D eigenvalue weighted by Crippen LogP contribution is 2.46. The molecule has 2 aromatic heterocycles. The molecular weight excluding hydrogens is 709 g/mol. The summed E-state index contributed by atoms with van der Waals surface area (Å²) in [7, 11) is 0. The predicted octanol–water partition coefficient (Wildman–Crippen LogP) is 15.3. The molecule has 0 aliphatic carbocycles. The Hall–Kier alpha value is -7.20. The normalized spacial score (nSPS) is 11.9. The zero-order valence-electron chi connectivity index (χ0n) is 30.9. The Balaban J connectivity index is 1.36. The van der Waals surface area contributed by atoms with Crippen LogP contribution in [0.1, 0.15) is 0 Å². The summed E-state index contributed by atoms with van der Waals surface area (Å²) in [5, 5.41) is 12.5. The zero-order chi connectivity index (χ0) is 37.5. The topological polar surface area (TPSA) is 9.86 Å². The molecule has 12 aromatic rings. The van der Waals surface area contributed by atoms with E-state index in [9.17, 15) is 0 Å². The lowest BCUT2D eigenvalue weighted by atomic mass is 9.89. The first-order valence-corrected chi connectivity index (χ1v) is 20.3. The quantitative estimate of drug-likeness (QED) is 0.160. The maximum Gasteiger partial charge on any atom is 0.0709 e. The van der Waals surface area contributed by atoms with Crippen molar-refractivity contribution in [1.82, 2.24) is 9.13 Å². The van der Waals surface area contributed by atoms with Crippen LogP contribution in [0.15, 0.2) is 206 Å². The van der Waals surface area contributed by atoms with E-state index in [2.05, 4.69) is 215 Å². The second-order valence-electron chi connectivity index (χ2n) is 14.8. The van der Waals surface area contributed by atoms with Crippen molar-refractivity contribution in [3.05, 3.63) is 206 Å². The van der Waals surface area contributed by atoms with Crippen molar-refractivity contribution < 1.29 is 0 Å². The number of para-hydroxylation sites is 4. The highest BCUT2D eigenvalue weighted by molar-refractivity contribution is 7.26. The van der Waals surface area contributed by atoms with Crippen LogP contribution in [0.25, 0.3) is 108 Å². The summed E-state index contributed by atoms with van der Waals surface area (Å²) in [6.07, 6.45) is 0. The first-order chi connectivity index (χ1) is 28.3. The molecule has 2 heterocycles. The van der Waals surface area contributed by atoms with Crippen LogP contribution in [0.4, 0.5) is 0 Å². The first kappa shape index (κ1) is 32.1. The fourth-order valence-corrected chi connectivity index (χ4v) is 10.6. The van der Waals surface area contributed by atoms with Gasteiger partial charge in [0.25, 0.3) is 0 Å². The van der Waals surface area contributed by atoms with Gasteiger partial charge in [-0.05, 0) is 103 Å². The highest BCUT2D eigenvalue weighted by Gasteiger charge is 2.19. The van der Waals surface area contributed by atoms with Gasteiger partial charge in [0.2, 0.25) is 0 Å². The summed E-state index contributed by atoms with van der Waals surface area (Å²) >= 11 is 1.89. The molecule has 0 saturated heterocycles. The van der Waals surface area contributed by atoms with Gasteiger partial charge in [0.1, 0.15) is 0 Å². The second kappa shape index (κ2) is 12.7. The molecule has 0 aliphatic rings. The Morgan fingerprint density at radius 3 is 1.33 bits per heavy atom. The molecule has 3 heteroatoms. The molecule has 0 amide bonds. The minimum atomic E-state index is 1.13. The third-order valence-electron chi connectivity index (χ3n) is 11.7. The van der Waals surface area contributed by atoms with E-state index in [0.717, 1.165) is 33.4 Å². The standard InChI is InChI=1S/C54H34N2S/c1-3-17-35(18-4-1)55-48-30-12-13-31-49(48)56(36-19-5-2-6-20-36)51-34-47-43-27-15-26-42(45-29-16-28-44-40-24-11-14-32-52(40)57-54(44)45)53(43)41-25-10-9-22-38(41)37-21-7-8-23-39(37)46(47)33-50(51)55/h1-34H. The number of fused-ring (bicyclic) bond motifs is 13. The number of thiophene rings is 1. The molecule has 266 valence electrons. The van der Waals surface area contributed by atoms with Gasteiger partial charge < -0.3 is 9.13 Å². The summed E-state index contributed by atoms with van der Waals surface area (Å²) < 4.78 is 7.53. The predicted molar refractivity (Wildman–Crippen MR) is 246 cm³/mol. The maximum atomic E-state index is 2.47. The van der Waals surface area contributed by atoms with Crippen LogP contribution in [0.5, 0.6) is 0 Å². The lowest BCUT2D eigenvalue weighted by molar-refractivity contribution is 1.09. The molecule has 0 radical (unpaired) electrons. The van der Waals surface area contributed by atoms with Gasteiger partial charge in [-0.25, -0.2) is 0 Å². The number of rotatable bonds is 3. The second-order valence-corrected chi connectivity index (χ2v) is 15.9. The molecule has 0 aliphatic heterocycles. The minimum absolute atomic E-state index is 1.13. The van der Waals surface area contributed by atoms with Gasteiger partial charge >= 0.3 is 0 Å².